The van der Waals surface area contributed by atoms with Gasteiger partial charge < -0.3 is 10.6 Å². The molecular weight excluding hydrogens is 337 g/mol. The molecule has 3 rings (SSSR count). The number of carbonyl (C=O) groups is 1. The lowest BCUT2D eigenvalue weighted by atomic mass is 10.2. The van der Waals surface area contributed by atoms with Crippen LogP contribution in [-0.4, -0.2) is 28.4 Å². The van der Waals surface area contributed by atoms with Gasteiger partial charge in [0.05, 0.1) is 5.01 Å². The summed E-state index contributed by atoms with van der Waals surface area (Å²) in [7, 11) is 0. The van der Waals surface area contributed by atoms with E-state index >= 15 is 0 Å². The van der Waals surface area contributed by atoms with Crippen molar-refractivity contribution >= 4 is 29.7 Å². The number of hydrogen-bond donors (Lipinski definition) is 1. The number of rotatable bonds is 6. The molecule has 1 heterocycles. The van der Waals surface area contributed by atoms with Crippen molar-refractivity contribution < 1.29 is 9.18 Å². The Kier molecular flexibility index (Phi) is 6.10. The summed E-state index contributed by atoms with van der Waals surface area (Å²) in [6.07, 6.45) is 2.62. The molecular formula is C16H19ClFN3OS. The predicted octanol–water partition coefficient (Wildman–Crippen LogP) is 3.01. The van der Waals surface area contributed by atoms with Crippen LogP contribution in [-0.2, 0) is 13.0 Å². The summed E-state index contributed by atoms with van der Waals surface area (Å²) in [4.78, 5) is 18.8. The number of halogens is 2. The molecule has 2 N–H and O–H groups in total. The van der Waals surface area contributed by atoms with Crippen LogP contribution in [0.1, 0.15) is 33.9 Å². The van der Waals surface area contributed by atoms with Gasteiger partial charge in [0, 0.05) is 30.0 Å². The second-order valence-electron chi connectivity index (χ2n) is 5.42. The molecule has 1 aliphatic rings. The summed E-state index contributed by atoms with van der Waals surface area (Å²) in [5.41, 5.74) is 6.50. The van der Waals surface area contributed by atoms with Crippen LogP contribution in [0.4, 0.5) is 4.39 Å². The van der Waals surface area contributed by atoms with E-state index in [1.54, 1.807) is 28.5 Å². The minimum absolute atomic E-state index is 0. The second kappa shape index (κ2) is 7.86. The molecule has 1 fully saturated rings. The third-order valence-corrected chi connectivity index (χ3v) is 4.58. The molecule has 1 aromatic carbocycles. The van der Waals surface area contributed by atoms with Crippen molar-refractivity contribution in [2.75, 3.05) is 6.54 Å². The van der Waals surface area contributed by atoms with Crippen LogP contribution in [0.25, 0.3) is 0 Å². The number of amides is 1. The first-order chi connectivity index (χ1) is 10.7. The summed E-state index contributed by atoms with van der Waals surface area (Å²) in [5.74, 6) is -0.395. The smallest absolute Gasteiger partial charge is 0.273 e. The fourth-order valence-electron chi connectivity index (χ4n) is 2.36. The molecule has 0 saturated heterocycles. The Morgan fingerprint density at radius 2 is 2.13 bits per heavy atom. The Hall–Kier alpha value is -1.50. The Bertz CT molecular complexity index is 675. The molecule has 1 saturated carbocycles. The molecule has 1 amide bonds. The van der Waals surface area contributed by atoms with E-state index in [0.29, 0.717) is 30.8 Å². The van der Waals surface area contributed by atoms with Gasteiger partial charge in [-0.1, -0.05) is 18.2 Å². The molecule has 0 unspecified atom stereocenters. The van der Waals surface area contributed by atoms with Crippen molar-refractivity contribution in [3.63, 3.8) is 0 Å². The van der Waals surface area contributed by atoms with Gasteiger partial charge in [0.25, 0.3) is 5.91 Å². The van der Waals surface area contributed by atoms with E-state index in [4.69, 9.17) is 5.73 Å². The SMILES string of the molecule is Cl.NCCc1nc(C(=O)N(Cc2ccccc2F)C2CC2)cs1. The van der Waals surface area contributed by atoms with Gasteiger partial charge in [-0.3, -0.25) is 4.79 Å². The zero-order valence-electron chi connectivity index (χ0n) is 12.6. The van der Waals surface area contributed by atoms with Crippen LogP contribution in [0.3, 0.4) is 0 Å². The molecule has 124 valence electrons. The van der Waals surface area contributed by atoms with E-state index < -0.39 is 0 Å². The first-order valence-corrected chi connectivity index (χ1v) is 8.26. The summed E-state index contributed by atoms with van der Waals surface area (Å²) < 4.78 is 13.8. The Balaban J connectivity index is 0.00000192. The van der Waals surface area contributed by atoms with Crippen LogP contribution in [0.15, 0.2) is 29.6 Å². The van der Waals surface area contributed by atoms with Crippen molar-refractivity contribution in [2.45, 2.75) is 31.8 Å². The number of nitrogens with two attached hydrogens (primary N) is 1. The summed E-state index contributed by atoms with van der Waals surface area (Å²) in [6.45, 7) is 0.808. The Morgan fingerprint density at radius 1 is 1.39 bits per heavy atom. The molecule has 7 heteroatoms. The highest BCUT2D eigenvalue weighted by atomic mass is 35.5. The van der Waals surface area contributed by atoms with Gasteiger partial charge in [0.2, 0.25) is 0 Å². The van der Waals surface area contributed by atoms with Gasteiger partial charge in [0.15, 0.2) is 0 Å². The van der Waals surface area contributed by atoms with E-state index in [9.17, 15) is 9.18 Å². The second-order valence-corrected chi connectivity index (χ2v) is 6.36. The fourth-order valence-corrected chi connectivity index (χ4v) is 3.15. The zero-order valence-corrected chi connectivity index (χ0v) is 14.2. The third-order valence-electron chi connectivity index (χ3n) is 3.68. The van der Waals surface area contributed by atoms with Gasteiger partial charge in [-0.15, -0.1) is 23.7 Å². The first-order valence-electron chi connectivity index (χ1n) is 7.38. The maximum Gasteiger partial charge on any atom is 0.273 e. The van der Waals surface area contributed by atoms with Crippen molar-refractivity contribution in [1.29, 1.82) is 0 Å². The van der Waals surface area contributed by atoms with Gasteiger partial charge in [-0.25, -0.2) is 9.37 Å². The zero-order chi connectivity index (χ0) is 15.5. The van der Waals surface area contributed by atoms with Crippen molar-refractivity contribution in [1.82, 2.24) is 9.88 Å². The molecule has 0 aliphatic heterocycles. The van der Waals surface area contributed by atoms with Gasteiger partial charge >= 0.3 is 0 Å². The van der Waals surface area contributed by atoms with Crippen LogP contribution < -0.4 is 5.73 Å². The lowest BCUT2D eigenvalue weighted by molar-refractivity contribution is 0.0723. The van der Waals surface area contributed by atoms with E-state index in [0.717, 1.165) is 17.8 Å². The average molecular weight is 356 g/mol. The molecule has 0 radical (unpaired) electrons. The Morgan fingerprint density at radius 3 is 2.78 bits per heavy atom. The number of benzene rings is 1. The van der Waals surface area contributed by atoms with Crippen molar-refractivity contribution in [3.05, 3.63) is 51.7 Å². The monoisotopic (exact) mass is 355 g/mol. The van der Waals surface area contributed by atoms with Crippen molar-refractivity contribution in [3.8, 4) is 0 Å². The molecule has 1 aliphatic carbocycles. The van der Waals surface area contributed by atoms with Gasteiger partial charge in [0.1, 0.15) is 11.5 Å². The largest absolute Gasteiger partial charge is 0.330 e. The fraction of sp³-hybridized carbons (Fsp3) is 0.375. The molecule has 23 heavy (non-hydrogen) atoms. The normalized spacial score (nSPS) is 13.5. The summed E-state index contributed by atoms with van der Waals surface area (Å²) in [5, 5.41) is 2.64. The number of nitrogens with zero attached hydrogens (tertiary/aromatic N) is 2. The number of thiazole rings is 1. The maximum atomic E-state index is 13.8. The first kappa shape index (κ1) is 17.8. The summed E-state index contributed by atoms with van der Waals surface area (Å²) in [6, 6.07) is 6.79. The highest BCUT2D eigenvalue weighted by molar-refractivity contribution is 7.09. The number of carbonyl (C=O) groups excluding carboxylic acids is 1. The van der Waals surface area contributed by atoms with E-state index in [1.165, 1.54) is 17.4 Å². The number of hydrogen-bond acceptors (Lipinski definition) is 4. The predicted molar refractivity (Wildman–Crippen MR) is 91.4 cm³/mol. The highest BCUT2D eigenvalue weighted by Gasteiger charge is 2.34. The molecule has 2 aromatic rings. The minimum atomic E-state index is -0.275. The maximum absolute atomic E-state index is 13.8. The lowest BCUT2D eigenvalue weighted by Crippen LogP contribution is -2.33. The number of aromatic nitrogens is 1. The van der Waals surface area contributed by atoms with Gasteiger partial charge in [-0.05, 0) is 25.5 Å². The standard InChI is InChI=1S/C16H18FN3OS.ClH/c17-13-4-2-1-3-11(13)9-20(12-5-6-12)16(21)14-10-22-15(19-14)7-8-18;/h1-4,10,12H,5-9,18H2;1H. The summed E-state index contributed by atoms with van der Waals surface area (Å²) >= 11 is 1.45. The van der Waals surface area contributed by atoms with Crippen molar-refractivity contribution in [2.24, 2.45) is 5.73 Å². The molecule has 1 aromatic heterocycles. The molecule has 0 spiro atoms. The third kappa shape index (κ3) is 4.28. The van der Waals surface area contributed by atoms with E-state index in [1.807, 2.05) is 0 Å². The van der Waals surface area contributed by atoms with Crippen LogP contribution >= 0.6 is 23.7 Å². The molecule has 0 bridgehead atoms. The highest BCUT2D eigenvalue weighted by Crippen LogP contribution is 2.30. The quantitative estimate of drug-likeness (QED) is 0.866. The van der Waals surface area contributed by atoms with Crippen LogP contribution in [0.2, 0.25) is 0 Å². The minimum Gasteiger partial charge on any atom is -0.330 e. The van der Waals surface area contributed by atoms with E-state index in [2.05, 4.69) is 4.98 Å². The van der Waals surface area contributed by atoms with Crippen LogP contribution in [0.5, 0.6) is 0 Å². The van der Waals surface area contributed by atoms with Crippen LogP contribution in [0, 0.1) is 5.82 Å². The molecule has 0 atom stereocenters. The molecule has 4 nitrogen and oxygen atoms in total. The average Bonchev–Trinajstić information content (AvgIpc) is 3.25. The Labute approximate surface area is 144 Å². The van der Waals surface area contributed by atoms with E-state index in [-0.39, 0.29) is 30.2 Å². The lowest BCUT2D eigenvalue weighted by Gasteiger charge is -2.21. The van der Waals surface area contributed by atoms with Gasteiger partial charge in [-0.2, -0.15) is 0 Å². The topological polar surface area (TPSA) is 59.2 Å².